The third-order valence-electron chi connectivity index (χ3n) is 4.48. The van der Waals surface area contributed by atoms with Gasteiger partial charge >= 0.3 is 12.0 Å². The third-order valence-corrected chi connectivity index (χ3v) is 4.48. The minimum Gasteiger partial charge on any atom is -0.490 e. The topological polar surface area (TPSA) is 67.9 Å². The monoisotopic (exact) mass is 368 g/mol. The first-order chi connectivity index (χ1) is 13.2. The Morgan fingerprint density at radius 2 is 1.56 bits per heavy atom. The van der Waals surface area contributed by atoms with Gasteiger partial charge in [-0.25, -0.2) is 4.79 Å². The molecule has 0 bridgehead atoms. The fourth-order valence-electron chi connectivity index (χ4n) is 2.98. The highest BCUT2D eigenvalue weighted by atomic mass is 16.6. The van der Waals surface area contributed by atoms with Gasteiger partial charge in [0.1, 0.15) is 19.0 Å². The Bertz CT molecular complexity index is 728. The van der Waals surface area contributed by atoms with E-state index >= 15 is 0 Å². The SMILES string of the molecule is O=C(OCCOc1ccccc1)C1CCN(C(=O)Nc2ccccc2)CC1. The molecule has 1 saturated heterocycles. The molecular formula is C21H24N2O4. The van der Waals surface area contributed by atoms with Gasteiger partial charge in [-0.1, -0.05) is 36.4 Å². The van der Waals surface area contributed by atoms with Crippen LogP contribution in [0.3, 0.4) is 0 Å². The molecule has 1 heterocycles. The van der Waals surface area contributed by atoms with Crippen LogP contribution in [0.15, 0.2) is 60.7 Å². The number of benzene rings is 2. The number of nitrogens with one attached hydrogen (secondary N) is 1. The lowest BCUT2D eigenvalue weighted by atomic mass is 9.97. The van der Waals surface area contributed by atoms with E-state index < -0.39 is 0 Å². The van der Waals surface area contributed by atoms with Crippen molar-refractivity contribution in [1.29, 1.82) is 0 Å². The standard InChI is InChI=1S/C21H24N2O4/c24-20(27-16-15-26-19-9-5-2-6-10-19)17-11-13-23(14-12-17)21(25)22-18-7-3-1-4-8-18/h1-10,17H,11-16H2,(H,22,25). The minimum atomic E-state index is -0.213. The molecule has 27 heavy (non-hydrogen) atoms. The van der Waals surface area contributed by atoms with E-state index in [0.717, 1.165) is 11.4 Å². The lowest BCUT2D eigenvalue weighted by molar-refractivity contribution is -0.150. The first-order valence-electron chi connectivity index (χ1n) is 9.18. The molecule has 1 aliphatic rings. The van der Waals surface area contributed by atoms with Crippen LogP contribution in [0.5, 0.6) is 5.75 Å². The van der Waals surface area contributed by atoms with Gasteiger partial charge in [-0.2, -0.15) is 0 Å². The van der Waals surface area contributed by atoms with E-state index in [1.807, 2.05) is 60.7 Å². The van der Waals surface area contributed by atoms with E-state index in [4.69, 9.17) is 9.47 Å². The van der Waals surface area contributed by atoms with E-state index in [2.05, 4.69) is 5.32 Å². The Balaban J connectivity index is 1.34. The molecule has 0 spiro atoms. The van der Waals surface area contributed by atoms with E-state index in [-0.39, 0.29) is 24.5 Å². The second-order valence-electron chi connectivity index (χ2n) is 6.39. The van der Waals surface area contributed by atoms with Crippen molar-refractivity contribution < 1.29 is 19.1 Å². The number of carbonyl (C=O) groups excluding carboxylic acids is 2. The van der Waals surface area contributed by atoms with Gasteiger partial charge in [0.05, 0.1) is 5.92 Å². The minimum absolute atomic E-state index is 0.135. The predicted molar refractivity (Wildman–Crippen MR) is 103 cm³/mol. The fourth-order valence-corrected chi connectivity index (χ4v) is 2.98. The zero-order chi connectivity index (χ0) is 18.9. The number of piperidine rings is 1. The number of hydrogen-bond acceptors (Lipinski definition) is 4. The summed E-state index contributed by atoms with van der Waals surface area (Å²) in [6.45, 7) is 1.63. The molecule has 0 aliphatic carbocycles. The number of likely N-dealkylation sites (tertiary alicyclic amines) is 1. The van der Waals surface area contributed by atoms with E-state index in [9.17, 15) is 9.59 Å². The van der Waals surface area contributed by atoms with Crippen molar-refractivity contribution in [2.45, 2.75) is 12.8 Å². The summed E-state index contributed by atoms with van der Waals surface area (Å²) in [6, 6.07) is 18.6. The Kier molecular flexibility index (Phi) is 6.68. The second kappa shape index (κ2) is 9.62. The van der Waals surface area contributed by atoms with Gasteiger partial charge in [-0.3, -0.25) is 4.79 Å². The molecule has 0 radical (unpaired) electrons. The van der Waals surface area contributed by atoms with Crippen LogP contribution in [0.25, 0.3) is 0 Å². The first-order valence-corrected chi connectivity index (χ1v) is 9.18. The molecule has 6 nitrogen and oxygen atoms in total. The smallest absolute Gasteiger partial charge is 0.321 e. The molecule has 142 valence electrons. The summed E-state index contributed by atoms with van der Waals surface area (Å²) in [4.78, 5) is 26.2. The van der Waals surface area contributed by atoms with Crippen molar-refractivity contribution in [3.8, 4) is 5.75 Å². The molecule has 0 atom stereocenters. The number of amides is 2. The van der Waals surface area contributed by atoms with Gasteiger partial charge in [-0.05, 0) is 37.1 Å². The molecule has 0 aromatic heterocycles. The van der Waals surface area contributed by atoms with Gasteiger partial charge in [0, 0.05) is 18.8 Å². The lowest BCUT2D eigenvalue weighted by Gasteiger charge is -2.30. The van der Waals surface area contributed by atoms with Gasteiger partial charge in [0.25, 0.3) is 0 Å². The number of urea groups is 1. The van der Waals surface area contributed by atoms with Crippen LogP contribution in [0.4, 0.5) is 10.5 Å². The van der Waals surface area contributed by atoms with Crippen molar-refractivity contribution in [2.75, 3.05) is 31.6 Å². The van der Waals surface area contributed by atoms with Crippen LogP contribution in [0, 0.1) is 5.92 Å². The summed E-state index contributed by atoms with van der Waals surface area (Å²) in [5, 5.41) is 2.87. The summed E-state index contributed by atoms with van der Waals surface area (Å²) < 4.78 is 10.8. The van der Waals surface area contributed by atoms with Crippen molar-refractivity contribution in [3.05, 3.63) is 60.7 Å². The molecule has 6 heteroatoms. The van der Waals surface area contributed by atoms with Crippen LogP contribution < -0.4 is 10.1 Å². The summed E-state index contributed by atoms with van der Waals surface area (Å²) in [6.07, 6.45) is 1.22. The highest BCUT2D eigenvalue weighted by Gasteiger charge is 2.28. The Labute approximate surface area is 159 Å². The van der Waals surface area contributed by atoms with Gasteiger partial charge < -0.3 is 19.7 Å². The Morgan fingerprint density at radius 1 is 0.926 bits per heavy atom. The maximum absolute atomic E-state index is 12.3. The van der Waals surface area contributed by atoms with Crippen molar-refractivity contribution in [1.82, 2.24) is 4.90 Å². The van der Waals surface area contributed by atoms with Gasteiger partial charge in [0.15, 0.2) is 0 Å². The van der Waals surface area contributed by atoms with Crippen molar-refractivity contribution in [2.24, 2.45) is 5.92 Å². The number of ether oxygens (including phenoxy) is 2. The highest BCUT2D eigenvalue weighted by molar-refractivity contribution is 5.89. The summed E-state index contributed by atoms with van der Waals surface area (Å²) in [5.41, 5.74) is 0.766. The second-order valence-corrected chi connectivity index (χ2v) is 6.39. The Hall–Kier alpha value is -3.02. The lowest BCUT2D eigenvalue weighted by Crippen LogP contribution is -2.42. The normalized spacial score (nSPS) is 14.4. The number of hydrogen-bond donors (Lipinski definition) is 1. The number of nitrogens with zero attached hydrogens (tertiary/aromatic N) is 1. The largest absolute Gasteiger partial charge is 0.490 e. The first kappa shape index (κ1) is 18.8. The summed E-state index contributed by atoms with van der Waals surface area (Å²) >= 11 is 0. The molecule has 2 aromatic carbocycles. The quantitative estimate of drug-likeness (QED) is 0.625. The number of anilines is 1. The maximum atomic E-state index is 12.3. The molecule has 1 N–H and O–H groups in total. The third kappa shape index (κ3) is 5.74. The van der Waals surface area contributed by atoms with Crippen LogP contribution in [0.1, 0.15) is 12.8 Å². The van der Waals surface area contributed by atoms with E-state index in [1.165, 1.54) is 0 Å². The molecule has 0 unspecified atom stereocenters. The molecule has 2 aromatic rings. The zero-order valence-electron chi connectivity index (χ0n) is 15.2. The maximum Gasteiger partial charge on any atom is 0.321 e. The molecule has 1 aliphatic heterocycles. The number of rotatable bonds is 6. The number of carbonyl (C=O) groups is 2. The average Bonchev–Trinajstić information content (AvgIpc) is 2.72. The summed E-state index contributed by atoms with van der Waals surface area (Å²) in [5.74, 6) is 0.378. The van der Waals surface area contributed by atoms with Crippen LogP contribution in [-0.2, 0) is 9.53 Å². The zero-order valence-corrected chi connectivity index (χ0v) is 15.2. The van der Waals surface area contributed by atoms with Crippen LogP contribution in [0.2, 0.25) is 0 Å². The van der Waals surface area contributed by atoms with Crippen LogP contribution in [-0.4, -0.2) is 43.2 Å². The van der Waals surface area contributed by atoms with E-state index in [1.54, 1.807) is 4.90 Å². The fraction of sp³-hybridized carbons (Fsp3) is 0.333. The van der Waals surface area contributed by atoms with Crippen molar-refractivity contribution in [3.63, 3.8) is 0 Å². The molecule has 1 fully saturated rings. The highest BCUT2D eigenvalue weighted by Crippen LogP contribution is 2.19. The Morgan fingerprint density at radius 3 is 2.22 bits per heavy atom. The molecule has 0 saturated carbocycles. The average molecular weight is 368 g/mol. The molecule has 2 amide bonds. The predicted octanol–water partition coefficient (Wildman–Crippen LogP) is 3.55. The van der Waals surface area contributed by atoms with Gasteiger partial charge in [-0.15, -0.1) is 0 Å². The molecule has 3 rings (SSSR count). The van der Waals surface area contributed by atoms with Crippen LogP contribution >= 0.6 is 0 Å². The van der Waals surface area contributed by atoms with Crippen molar-refractivity contribution >= 4 is 17.7 Å². The number of esters is 1. The molecular weight excluding hydrogens is 344 g/mol. The van der Waals surface area contributed by atoms with E-state index in [0.29, 0.717) is 32.5 Å². The number of para-hydroxylation sites is 2. The summed E-state index contributed by atoms with van der Waals surface area (Å²) in [7, 11) is 0. The van der Waals surface area contributed by atoms with Gasteiger partial charge in [0.2, 0.25) is 0 Å².